The first-order valence-electron chi connectivity index (χ1n) is 10.4. The van der Waals surface area contributed by atoms with Gasteiger partial charge in [0.15, 0.2) is 5.60 Å². The maximum Gasteiger partial charge on any atom is 0.152 e. The van der Waals surface area contributed by atoms with Gasteiger partial charge in [-0.15, -0.1) is 0 Å². The maximum atomic E-state index is 16.8. The van der Waals surface area contributed by atoms with Crippen LogP contribution >= 0.6 is 0 Å². The number of alkyl halides is 1. The molecule has 1 nitrogen and oxygen atoms in total. The minimum atomic E-state index is -1.22. The fourth-order valence-corrected chi connectivity index (χ4v) is 5.57. The van der Waals surface area contributed by atoms with Crippen LogP contribution in [-0.2, 0) is 15.9 Å². The van der Waals surface area contributed by atoms with Crippen LogP contribution < -0.4 is 0 Å². The van der Waals surface area contributed by atoms with E-state index in [4.69, 9.17) is 4.74 Å². The van der Waals surface area contributed by atoms with Crippen molar-refractivity contribution >= 4 is 0 Å². The van der Waals surface area contributed by atoms with E-state index in [2.05, 4.69) is 18.2 Å². The summed E-state index contributed by atoms with van der Waals surface area (Å²) in [4.78, 5) is 0. The molecule has 0 N–H and O–H groups in total. The summed E-state index contributed by atoms with van der Waals surface area (Å²) in [6.07, 6.45) is -1.22. The lowest BCUT2D eigenvalue weighted by atomic mass is 9.63. The van der Waals surface area contributed by atoms with Crippen LogP contribution in [0.3, 0.4) is 0 Å². The zero-order valence-electron chi connectivity index (χ0n) is 16.4. The van der Waals surface area contributed by atoms with Crippen LogP contribution in [0.25, 0.3) is 0 Å². The second kappa shape index (κ2) is 6.38. The lowest BCUT2D eigenvalue weighted by Gasteiger charge is -2.37. The number of rotatable bonds is 3. The van der Waals surface area contributed by atoms with E-state index >= 15 is 4.39 Å². The van der Waals surface area contributed by atoms with Gasteiger partial charge in [-0.05, 0) is 27.8 Å². The molecular weight excluding hydrogens is 371 g/mol. The largest absolute Gasteiger partial charge is 0.346 e. The molecule has 146 valence electrons. The third-order valence-electron chi connectivity index (χ3n) is 6.73. The van der Waals surface area contributed by atoms with Gasteiger partial charge in [0.25, 0.3) is 0 Å². The zero-order valence-corrected chi connectivity index (χ0v) is 16.4. The number of hydrogen-bond donors (Lipinski definition) is 0. The van der Waals surface area contributed by atoms with Crippen LogP contribution in [0.5, 0.6) is 0 Å². The molecule has 0 aromatic heterocycles. The molecule has 4 aromatic carbocycles. The van der Waals surface area contributed by atoms with Gasteiger partial charge in [-0.25, -0.2) is 4.39 Å². The SMILES string of the molecule is FC1[C@H](c2ccccc2)[C@@]2(c3ccccc3)O[C@]1(c1ccccc1)c1ccccc12. The number of halogens is 1. The smallest absolute Gasteiger partial charge is 0.152 e. The Balaban J connectivity index is 1.72. The van der Waals surface area contributed by atoms with Crippen molar-refractivity contribution in [3.05, 3.63) is 143 Å². The highest BCUT2D eigenvalue weighted by molar-refractivity contribution is 5.60. The molecule has 0 spiro atoms. The van der Waals surface area contributed by atoms with E-state index in [-0.39, 0.29) is 0 Å². The van der Waals surface area contributed by atoms with Crippen molar-refractivity contribution in [1.29, 1.82) is 0 Å². The second-order valence-electron chi connectivity index (χ2n) is 8.14. The van der Waals surface area contributed by atoms with Crippen LogP contribution in [0, 0.1) is 0 Å². The van der Waals surface area contributed by atoms with Crippen molar-refractivity contribution < 1.29 is 9.13 Å². The molecule has 0 aliphatic carbocycles. The van der Waals surface area contributed by atoms with Crippen LogP contribution in [0.1, 0.15) is 33.7 Å². The normalized spacial score (nSPS) is 29.0. The van der Waals surface area contributed by atoms with Crippen molar-refractivity contribution in [2.45, 2.75) is 23.3 Å². The Morgan fingerprint density at radius 1 is 0.533 bits per heavy atom. The van der Waals surface area contributed by atoms with E-state index in [1.165, 1.54) is 0 Å². The molecule has 4 aromatic rings. The van der Waals surface area contributed by atoms with Crippen LogP contribution in [0.2, 0.25) is 0 Å². The molecule has 2 heteroatoms. The van der Waals surface area contributed by atoms with Gasteiger partial charge in [0, 0.05) is 0 Å². The minimum absolute atomic E-state index is 0.448. The fourth-order valence-electron chi connectivity index (χ4n) is 5.57. The molecule has 0 radical (unpaired) electrons. The Kier molecular flexibility index (Phi) is 3.75. The van der Waals surface area contributed by atoms with Gasteiger partial charge in [0.05, 0.1) is 5.92 Å². The van der Waals surface area contributed by atoms with E-state index in [0.717, 1.165) is 27.8 Å². The topological polar surface area (TPSA) is 9.23 Å². The standard InChI is InChI=1S/C28H21FO/c29-26-25(20-12-4-1-5-13-20)27(21-14-6-2-7-15-21)23-18-10-11-19-24(23)28(26,30-27)22-16-8-3-9-17-22/h1-19,25-26H/t25-,26?,27-,28+/m0/s1. The second-order valence-corrected chi connectivity index (χ2v) is 8.14. The van der Waals surface area contributed by atoms with Crippen LogP contribution in [-0.4, -0.2) is 6.17 Å². The van der Waals surface area contributed by atoms with Crippen molar-refractivity contribution in [3.63, 3.8) is 0 Å². The average Bonchev–Trinajstić information content (AvgIpc) is 3.29. The Hall–Kier alpha value is -3.23. The molecular formula is C28H21FO. The van der Waals surface area contributed by atoms with Gasteiger partial charge in [-0.1, -0.05) is 115 Å². The summed E-state index contributed by atoms with van der Waals surface area (Å²) in [5.41, 5.74) is 2.79. The van der Waals surface area contributed by atoms with Crippen molar-refractivity contribution in [1.82, 2.24) is 0 Å². The molecule has 2 heterocycles. The molecule has 1 saturated heterocycles. The predicted molar refractivity (Wildman–Crippen MR) is 116 cm³/mol. The lowest BCUT2D eigenvalue weighted by Crippen LogP contribution is -2.40. The lowest BCUT2D eigenvalue weighted by molar-refractivity contribution is -0.0567. The van der Waals surface area contributed by atoms with Crippen LogP contribution in [0.4, 0.5) is 4.39 Å². The first-order chi connectivity index (χ1) is 14.8. The molecule has 2 aliphatic heterocycles. The van der Waals surface area contributed by atoms with Gasteiger partial charge < -0.3 is 4.74 Å². The van der Waals surface area contributed by atoms with Gasteiger partial charge >= 0.3 is 0 Å². The van der Waals surface area contributed by atoms with Crippen molar-refractivity contribution in [3.8, 4) is 0 Å². The summed E-state index contributed by atoms with van der Waals surface area (Å²) in [5, 5.41) is 0. The Morgan fingerprint density at radius 2 is 0.967 bits per heavy atom. The van der Waals surface area contributed by atoms with E-state index in [1.54, 1.807) is 0 Å². The Morgan fingerprint density at radius 3 is 1.53 bits per heavy atom. The number of hydrogen-bond acceptors (Lipinski definition) is 1. The molecule has 2 aliphatic rings. The molecule has 1 fully saturated rings. The average molecular weight is 392 g/mol. The van der Waals surface area contributed by atoms with E-state index in [0.29, 0.717) is 0 Å². The van der Waals surface area contributed by atoms with Gasteiger partial charge in [0.1, 0.15) is 11.8 Å². The molecule has 30 heavy (non-hydrogen) atoms. The van der Waals surface area contributed by atoms with Crippen molar-refractivity contribution in [2.24, 2.45) is 0 Å². The number of ether oxygens (including phenoxy) is 1. The molecule has 4 atom stereocenters. The maximum absolute atomic E-state index is 16.8. The minimum Gasteiger partial charge on any atom is -0.346 e. The van der Waals surface area contributed by atoms with Gasteiger partial charge in [0.2, 0.25) is 0 Å². The summed E-state index contributed by atoms with van der Waals surface area (Å²) in [6, 6.07) is 38.1. The first-order valence-corrected chi connectivity index (χ1v) is 10.4. The monoisotopic (exact) mass is 392 g/mol. The predicted octanol–water partition coefficient (Wildman–Crippen LogP) is 6.34. The highest BCUT2D eigenvalue weighted by Crippen LogP contribution is 2.69. The third kappa shape index (κ3) is 2.09. The third-order valence-corrected chi connectivity index (χ3v) is 6.73. The van der Waals surface area contributed by atoms with E-state index in [1.807, 2.05) is 97.1 Å². The van der Waals surface area contributed by atoms with E-state index < -0.39 is 23.3 Å². The highest BCUT2D eigenvalue weighted by atomic mass is 19.1. The summed E-state index contributed by atoms with van der Waals surface area (Å²) in [5.74, 6) is -0.448. The van der Waals surface area contributed by atoms with Gasteiger partial charge in [-0.3, -0.25) is 0 Å². The molecule has 1 unspecified atom stereocenters. The highest BCUT2D eigenvalue weighted by Gasteiger charge is 2.72. The molecule has 0 amide bonds. The summed E-state index contributed by atoms with van der Waals surface area (Å²) >= 11 is 0. The summed E-state index contributed by atoms with van der Waals surface area (Å²) < 4.78 is 23.8. The first kappa shape index (κ1) is 17.6. The number of benzene rings is 4. The fraction of sp³-hybridized carbons (Fsp3) is 0.143. The van der Waals surface area contributed by atoms with Crippen molar-refractivity contribution in [2.75, 3.05) is 0 Å². The molecule has 6 rings (SSSR count). The summed E-state index contributed by atoms with van der Waals surface area (Å²) in [6.45, 7) is 0. The zero-order chi connectivity index (χ0) is 20.2. The van der Waals surface area contributed by atoms with Crippen LogP contribution in [0.15, 0.2) is 115 Å². The molecule has 2 bridgehead atoms. The quantitative estimate of drug-likeness (QED) is 0.395. The Labute approximate surface area is 175 Å². The van der Waals surface area contributed by atoms with E-state index in [9.17, 15) is 0 Å². The number of fused-ring (bicyclic) bond motifs is 5. The Bertz CT molecular complexity index is 1190. The van der Waals surface area contributed by atoms with Gasteiger partial charge in [-0.2, -0.15) is 0 Å². The molecule has 0 saturated carbocycles. The summed E-state index contributed by atoms with van der Waals surface area (Å²) in [7, 11) is 0.